The van der Waals surface area contributed by atoms with Crippen molar-refractivity contribution in [2.24, 2.45) is 0 Å². The molecule has 122 valence electrons. The Morgan fingerprint density at radius 1 is 1.33 bits per heavy atom. The summed E-state index contributed by atoms with van der Waals surface area (Å²) in [4.78, 5) is 16.3. The number of carbonyl (C=O) groups is 1. The SMILES string of the molecule is O=C(Nc1nc2c(F)cc(F)cc2s1)[C@H]1Cc2cc(Cl)ccc2O1. The first-order chi connectivity index (χ1) is 11.5. The smallest absolute Gasteiger partial charge is 0.267 e. The van der Waals surface area contributed by atoms with Crippen LogP contribution in [0.1, 0.15) is 5.56 Å². The standard InChI is InChI=1S/C16H9ClF2N2O2S/c17-8-1-2-11-7(3-8)4-12(23-11)15(22)21-16-20-14-10(19)5-9(18)6-13(14)24-16/h1-3,5-6,12H,4H2,(H,20,21,22)/t12-/m1/s1. The molecule has 1 aromatic heterocycles. The number of anilines is 1. The summed E-state index contributed by atoms with van der Waals surface area (Å²) in [6.45, 7) is 0. The Morgan fingerprint density at radius 3 is 3.00 bits per heavy atom. The fraction of sp³-hybridized carbons (Fsp3) is 0.125. The zero-order valence-corrected chi connectivity index (χ0v) is 13.5. The Balaban J connectivity index is 1.54. The van der Waals surface area contributed by atoms with Crippen LogP contribution in [0.5, 0.6) is 5.75 Å². The number of halogens is 3. The molecule has 0 spiro atoms. The highest BCUT2D eigenvalue weighted by atomic mass is 35.5. The first-order valence-corrected chi connectivity index (χ1v) is 8.20. The highest BCUT2D eigenvalue weighted by Gasteiger charge is 2.30. The van der Waals surface area contributed by atoms with Gasteiger partial charge >= 0.3 is 0 Å². The summed E-state index contributed by atoms with van der Waals surface area (Å²) >= 11 is 6.92. The molecule has 8 heteroatoms. The van der Waals surface area contributed by atoms with Gasteiger partial charge < -0.3 is 4.74 Å². The van der Waals surface area contributed by atoms with Crippen molar-refractivity contribution >= 4 is 44.2 Å². The van der Waals surface area contributed by atoms with Crippen LogP contribution in [-0.2, 0) is 11.2 Å². The van der Waals surface area contributed by atoms with Crippen LogP contribution in [0.3, 0.4) is 0 Å². The average molecular weight is 367 g/mol. The van der Waals surface area contributed by atoms with E-state index in [2.05, 4.69) is 10.3 Å². The molecule has 2 heterocycles. The van der Waals surface area contributed by atoms with Crippen molar-refractivity contribution < 1.29 is 18.3 Å². The van der Waals surface area contributed by atoms with Gasteiger partial charge in [-0.15, -0.1) is 0 Å². The average Bonchev–Trinajstić information content (AvgIpc) is 3.10. The van der Waals surface area contributed by atoms with Gasteiger partial charge in [0.2, 0.25) is 0 Å². The predicted molar refractivity (Wildman–Crippen MR) is 87.7 cm³/mol. The molecule has 0 aliphatic carbocycles. The number of thiazole rings is 1. The third-order valence-corrected chi connectivity index (χ3v) is 4.79. The summed E-state index contributed by atoms with van der Waals surface area (Å²) in [7, 11) is 0. The first kappa shape index (κ1) is 15.3. The molecule has 0 saturated heterocycles. The van der Waals surface area contributed by atoms with E-state index in [1.54, 1.807) is 18.2 Å². The fourth-order valence-electron chi connectivity index (χ4n) is 2.56. The van der Waals surface area contributed by atoms with Crippen molar-refractivity contribution in [3.63, 3.8) is 0 Å². The molecular formula is C16H9ClF2N2O2S. The third kappa shape index (κ3) is 2.70. The van der Waals surface area contributed by atoms with E-state index < -0.39 is 23.6 Å². The van der Waals surface area contributed by atoms with Crippen molar-refractivity contribution in [3.8, 4) is 5.75 Å². The zero-order chi connectivity index (χ0) is 16.8. The van der Waals surface area contributed by atoms with Crippen LogP contribution in [0.15, 0.2) is 30.3 Å². The second-order valence-electron chi connectivity index (χ2n) is 5.31. The number of nitrogens with zero attached hydrogens (tertiary/aromatic N) is 1. The summed E-state index contributed by atoms with van der Waals surface area (Å²) in [6.07, 6.45) is -0.331. The Labute approximate surface area is 144 Å². The summed E-state index contributed by atoms with van der Waals surface area (Å²) < 4.78 is 32.8. The van der Waals surface area contributed by atoms with Crippen LogP contribution < -0.4 is 10.1 Å². The van der Waals surface area contributed by atoms with E-state index in [1.807, 2.05) is 0 Å². The lowest BCUT2D eigenvalue weighted by molar-refractivity contribution is -0.122. The number of hydrogen-bond donors (Lipinski definition) is 1. The van der Waals surface area contributed by atoms with E-state index in [0.29, 0.717) is 21.9 Å². The van der Waals surface area contributed by atoms with Crippen LogP contribution in [0.2, 0.25) is 5.02 Å². The van der Waals surface area contributed by atoms with E-state index >= 15 is 0 Å². The Bertz CT molecular complexity index is 976. The van der Waals surface area contributed by atoms with Crippen molar-refractivity contribution in [1.82, 2.24) is 4.98 Å². The molecule has 0 saturated carbocycles. The number of aromatic nitrogens is 1. The minimum atomic E-state index is -0.763. The molecule has 0 radical (unpaired) electrons. The molecule has 3 aromatic rings. The number of hydrogen-bond acceptors (Lipinski definition) is 4. The maximum atomic E-state index is 13.7. The van der Waals surface area contributed by atoms with Crippen molar-refractivity contribution in [2.45, 2.75) is 12.5 Å². The maximum absolute atomic E-state index is 13.7. The Kier molecular flexibility index (Phi) is 3.62. The summed E-state index contributed by atoms with van der Waals surface area (Å²) in [5.41, 5.74) is 0.874. The van der Waals surface area contributed by atoms with Crippen LogP contribution in [-0.4, -0.2) is 17.0 Å². The first-order valence-electron chi connectivity index (χ1n) is 7.01. The number of amides is 1. The van der Waals surface area contributed by atoms with E-state index in [0.717, 1.165) is 23.0 Å². The van der Waals surface area contributed by atoms with Crippen LogP contribution in [0.25, 0.3) is 10.2 Å². The van der Waals surface area contributed by atoms with E-state index in [-0.39, 0.29) is 10.6 Å². The molecule has 1 aliphatic heterocycles. The lowest BCUT2D eigenvalue weighted by Crippen LogP contribution is -2.31. The minimum Gasteiger partial charge on any atom is -0.480 e. The van der Waals surface area contributed by atoms with Gasteiger partial charge in [-0.3, -0.25) is 10.1 Å². The highest BCUT2D eigenvalue weighted by molar-refractivity contribution is 7.22. The van der Waals surface area contributed by atoms with Crippen LogP contribution >= 0.6 is 22.9 Å². The fourth-order valence-corrected chi connectivity index (χ4v) is 3.66. The second-order valence-corrected chi connectivity index (χ2v) is 6.77. The van der Waals surface area contributed by atoms with Gasteiger partial charge in [-0.1, -0.05) is 22.9 Å². The van der Waals surface area contributed by atoms with Gasteiger partial charge in [0, 0.05) is 17.5 Å². The number of benzene rings is 2. The highest BCUT2D eigenvalue weighted by Crippen LogP contribution is 2.33. The molecule has 1 N–H and O–H groups in total. The second kappa shape index (κ2) is 5.68. The van der Waals surface area contributed by atoms with Gasteiger partial charge in [0.1, 0.15) is 17.1 Å². The van der Waals surface area contributed by atoms with Crippen molar-refractivity contribution in [1.29, 1.82) is 0 Å². The van der Waals surface area contributed by atoms with Crippen molar-refractivity contribution in [2.75, 3.05) is 5.32 Å². The molecular weight excluding hydrogens is 358 g/mol. The molecule has 0 unspecified atom stereocenters. The normalized spacial score (nSPS) is 16.0. The molecule has 2 aromatic carbocycles. The monoisotopic (exact) mass is 366 g/mol. The van der Waals surface area contributed by atoms with Gasteiger partial charge in [0.25, 0.3) is 5.91 Å². The lowest BCUT2D eigenvalue weighted by atomic mass is 10.1. The molecule has 1 amide bonds. The quantitative estimate of drug-likeness (QED) is 0.740. The van der Waals surface area contributed by atoms with Gasteiger partial charge in [0.15, 0.2) is 17.1 Å². The topological polar surface area (TPSA) is 51.2 Å². The molecule has 0 bridgehead atoms. The summed E-state index contributed by atoms with van der Waals surface area (Å²) in [6, 6.07) is 7.08. The number of carbonyl (C=O) groups excluding carboxylic acids is 1. The van der Waals surface area contributed by atoms with Crippen LogP contribution in [0.4, 0.5) is 13.9 Å². The zero-order valence-electron chi connectivity index (χ0n) is 12.0. The third-order valence-electron chi connectivity index (χ3n) is 3.63. The van der Waals surface area contributed by atoms with Crippen molar-refractivity contribution in [3.05, 3.63) is 52.6 Å². The molecule has 4 rings (SSSR count). The molecule has 1 atom stereocenters. The van der Waals surface area contributed by atoms with Gasteiger partial charge in [-0.25, -0.2) is 13.8 Å². The molecule has 24 heavy (non-hydrogen) atoms. The summed E-state index contributed by atoms with van der Waals surface area (Å²) in [5, 5.41) is 3.35. The molecule has 0 fully saturated rings. The van der Waals surface area contributed by atoms with E-state index in [1.165, 1.54) is 6.07 Å². The summed E-state index contributed by atoms with van der Waals surface area (Å²) in [5.74, 6) is -1.24. The maximum Gasteiger partial charge on any atom is 0.267 e. The lowest BCUT2D eigenvalue weighted by Gasteiger charge is -2.09. The number of ether oxygens (including phenoxy) is 1. The van der Waals surface area contributed by atoms with E-state index in [4.69, 9.17) is 16.3 Å². The Hall–Kier alpha value is -2.25. The Morgan fingerprint density at radius 2 is 2.17 bits per heavy atom. The number of fused-ring (bicyclic) bond motifs is 2. The predicted octanol–water partition coefficient (Wildman–Crippen LogP) is 4.17. The van der Waals surface area contributed by atoms with E-state index in [9.17, 15) is 13.6 Å². The van der Waals surface area contributed by atoms with Gasteiger partial charge in [-0.2, -0.15) is 0 Å². The molecule has 4 nitrogen and oxygen atoms in total. The van der Waals surface area contributed by atoms with Gasteiger partial charge in [-0.05, 0) is 29.8 Å². The largest absolute Gasteiger partial charge is 0.480 e. The van der Waals surface area contributed by atoms with Crippen LogP contribution in [0, 0.1) is 11.6 Å². The number of nitrogens with one attached hydrogen (secondary N) is 1. The van der Waals surface area contributed by atoms with Gasteiger partial charge in [0.05, 0.1) is 4.70 Å². The number of rotatable bonds is 2. The molecule has 1 aliphatic rings. The minimum absolute atomic E-state index is 0.0270.